The van der Waals surface area contributed by atoms with E-state index < -0.39 is 18.0 Å². The second kappa shape index (κ2) is 10.7. The third-order valence-electron chi connectivity index (χ3n) is 6.20. The first-order chi connectivity index (χ1) is 16.7. The molecule has 190 valence electrons. The van der Waals surface area contributed by atoms with Crippen LogP contribution < -0.4 is 34.9 Å². The Balaban J connectivity index is 2.00. The van der Waals surface area contributed by atoms with Crippen LogP contribution in [-0.4, -0.2) is 57.9 Å². The van der Waals surface area contributed by atoms with E-state index in [-0.39, 0.29) is 30.0 Å². The number of methoxy groups -OCH3 is 4. The van der Waals surface area contributed by atoms with Crippen molar-refractivity contribution in [2.24, 2.45) is 17.6 Å². The Morgan fingerprint density at radius 3 is 2.11 bits per heavy atom. The lowest BCUT2D eigenvalue weighted by molar-refractivity contribution is -0.131. The molecule has 4 N–H and O–H groups in total. The average Bonchev–Trinajstić information content (AvgIpc) is 2.85. The Bertz CT molecular complexity index is 1060. The molecular formula is C25H33N3O7. The van der Waals surface area contributed by atoms with Gasteiger partial charge < -0.3 is 40.0 Å². The molecule has 1 fully saturated rings. The molecule has 0 radical (unpaired) electrons. The van der Waals surface area contributed by atoms with Gasteiger partial charge in [-0.05, 0) is 23.6 Å². The number of nitrogens with zero attached hydrogens (tertiary/aromatic N) is 1. The lowest BCUT2D eigenvalue weighted by Crippen LogP contribution is -2.59. The molecule has 0 aromatic heterocycles. The van der Waals surface area contributed by atoms with Gasteiger partial charge in [0.15, 0.2) is 23.0 Å². The van der Waals surface area contributed by atoms with Crippen molar-refractivity contribution >= 4 is 17.5 Å². The van der Waals surface area contributed by atoms with E-state index in [0.717, 1.165) is 0 Å². The van der Waals surface area contributed by atoms with Crippen molar-refractivity contribution in [3.63, 3.8) is 0 Å². The van der Waals surface area contributed by atoms with E-state index in [1.807, 2.05) is 13.8 Å². The zero-order valence-electron chi connectivity index (χ0n) is 20.8. The number of carbonyl (C=O) groups excluding carboxylic acids is 2. The fourth-order valence-electron chi connectivity index (χ4n) is 4.15. The van der Waals surface area contributed by atoms with E-state index in [2.05, 4.69) is 5.32 Å². The number of anilines is 1. The smallest absolute Gasteiger partial charge is 0.237 e. The molecular weight excluding hydrogens is 454 g/mol. The van der Waals surface area contributed by atoms with E-state index >= 15 is 0 Å². The number of β-lactam (4-membered cyclic amide) rings is 1. The molecule has 3 rings (SSSR count). The van der Waals surface area contributed by atoms with Crippen molar-refractivity contribution in [1.29, 1.82) is 0 Å². The van der Waals surface area contributed by atoms with E-state index in [1.54, 1.807) is 35.2 Å². The quantitative estimate of drug-likeness (QED) is 0.435. The van der Waals surface area contributed by atoms with Crippen molar-refractivity contribution in [2.75, 3.05) is 39.9 Å². The number of phenols is 1. The molecule has 0 spiro atoms. The summed E-state index contributed by atoms with van der Waals surface area (Å²) in [7, 11) is 5.95. The number of hydrogen-bond donors (Lipinski definition) is 3. The summed E-state index contributed by atoms with van der Waals surface area (Å²) in [5.41, 5.74) is 7.14. The van der Waals surface area contributed by atoms with E-state index in [0.29, 0.717) is 34.2 Å². The van der Waals surface area contributed by atoms with Crippen molar-refractivity contribution in [3.8, 4) is 28.7 Å². The van der Waals surface area contributed by atoms with Gasteiger partial charge >= 0.3 is 0 Å². The zero-order chi connectivity index (χ0) is 25.9. The third-order valence-corrected chi connectivity index (χ3v) is 6.20. The number of benzene rings is 2. The summed E-state index contributed by atoms with van der Waals surface area (Å²) in [6.07, 6.45) is 0. The normalized spacial score (nSPS) is 18.1. The van der Waals surface area contributed by atoms with Crippen LogP contribution in [0.25, 0.3) is 0 Å². The molecule has 1 saturated heterocycles. The molecule has 1 aliphatic rings. The first-order valence-electron chi connectivity index (χ1n) is 11.2. The van der Waals surface area contributed by atoms with Crippen LogP contribution in [0.2, 0.25) is 0 Å². The summed E-state index contributed by atoms with van der Waals surface area (Å²) in [5, 5.41) is 13.2. The van der Waals surface area contributed by atoms with Crippen LogP contribution in [0.3, 0.4) is 0 Å². The summed E-state index contributed by atoms with van der Waals surface area (Å²) < 4.78 is 21.4. The molecule has 0 bridgehead atoms. The molecule has 1 heterocycles. The van der Waals surface area contributed by atoms with Crippen molar-refractivity contribution in [3.05, 3.63) is 35.9 Å². The Morgan fingerprint density at radius 1 is 1.03 bits per heavy atom. The standard InChI is InChI=1S/C25H33N3O7/c1-13(2)21(26)24(30)27-12-16-22(14-7-8-18(32-3)17(29)9-14)28(25(16)31)15-10-19(33-4)23(35-6)20(11-15)34-5/h7-11,13,16,21-22,29H,12,26H2,1-6H3,(H,27,30)/t16-,21-,22-/m0/s1. The fraction of sp³-hybridized carbons (Fsp3) is 0.440. The number of carbonyl (C=O) groups is 2. The highest BCUT2D eigenvalue weighted by Crippen LogP contribution is 2.49. The van der Waals surface area contributed by atoms with Crippen LogP contribution >= 0.6 is 0 Å². The third kappa shape index (κ3) is 4.93. The first kappa shape index (κ1) is 26.0. The van der Waals surface area contributed by atoms with Crippen LogP contribution in [-0.2, 0) is 9.59 Å². The van der Waals surface area contributed by atoms with Gasteiger partial charge in [-0.1, -0.05) is 19.9 Å². The minimum absolute atomic E-state index is 0.0443. The van der Waals surface area contributed by atoms with Gasteiger partial charge in [0.25, 0.3) is 0 Å². The molecule has 2 aromatic rings. The number of ether oxygens (including phenoxy) is 4. The van der Waals surface area contributed by atoms with Gasteiger partial charge in [0.2, 0.25) is 17.6 Å². The summed E-state index contributed by atoms with van der Waals surface area (Å²) in [5.74, 6) is 0.286. The number of nitrogens with one attached hydrogen (secondary N) is 1. The van der Waals surface area contributed by atoms with Gasteiger partial charge in [0.1, 0.15) is 0 Å². The van der Waals surface area contributed by atoms with E-state index in [9.17, 15) is 14.7 Å². The largest absolute Gasteiger partial charge is 0.504 e. The number of rotatable bonds is 10. The van der Waals surface area contributed by atoms with Crippen molar-refractivity contribution in [2.45, 2.75) is 25.9 Å². The maximum absolute atomic E-state index is 13.4. The molecule has 0 saturated carbocycles. The number of amides is 2. The molecule has 1 aliphatic heterocycles. The summed E-state index contributed by atoms with van der Waals surface area (Å²) >= 11 is 0. The second-order valence-corrected chi connectivity index (χ2v) is 8.59. The van der Waals surface area contributed by atoms with Gasteiger partial charge in [0.05, 0.1) is 52.1 Å². The highest BCUT2D eigenvalue weighted by Gasteiger charge is 2.49. The molecule has 10 nitrogen and oxygen atoms in total. The maximum atomic E-state index is 13.4. The Labute approximate surface area is 204 Å². The van der Waals surface area contributed by atoms with E-state index in [4.69, 9.17) is 24.7 Å². The molecule has 3 atom stereocenters. The van der Waals surface area contributed by atoms with Crippen LogP contribution in [0.5, 0.6) is 28.7 Å². The molecule has 0 aliphatic carbocycles. The summed E-state index contributed by atoms with van der Waals surface area (Å²) in [6.45, 7) is 3.80. The van der Waals surface area contributed by atoms with Gasteiger partial charge in [0, 0.05) is 18.7 Å². The molecule has 10 heteroatoms. The van der Waals surface area contributed by atoms with Crippen molar-refractivity contribution in [1.82, 2.24) is 5.32 Å². The van der Waals surface area contributed by atoms with Gasteiger partial charge in [-0.25, -0.2) is 0 Å². The monoisotopic (exact) mass is 487 g/mol. The predicted molar refractivity (Wildman–Crippen MR) is 130 cm³/mol. The minimum Gasteiger partial charge on any atom is -0.504 e. The molecule has 2 aromatic carbocycles. The number of nitrogens with two attached hydrogens (primary N) is 1. The van der Waals surface area contributed by atoms with Crippen LogP contribution in [0.4, 0.5) is 5.69 Å². The molecule has 2 amide bonds. The topological polar surface area (TPSA) is 133 Å². The maximum Gasteiger partial charge on any atom is 0.237 e. The Hall–Kier alpha value is -3.66. The number of hydrogen-bond acceptors (Lipinski definition) is 8. The SMILES string of the molecule is COc1ccc([C@H]2[C@H](CNC(=O)[C@@H](N)C(C)C)C(=O)N2c2cc(OC)c(OC)c(OC)c2)cc1O. The van der Waals surface area contributed by atoms with E-state index in [1.165, 1.54) is 28.4 Å². The minimum atomic E-state index is -0.681. The van der Waals surface area contributed by atoms with Crippen LogP contribution in [0.15, 0.2) is 30.3 Å². The molecule has 0 unspecified atom stereocenters. The van der Waals surface area contributed by atoms with Gasteiger partial charge in [-0.15, -0.1) is 0 Å². The number of phenolic OH excluding ortho intramolecular Hbond substituents is 1. The van der Waals surface area contributed by atoms with Gasteiger partial charge in [-0.3, -0.25) is 9.59 Å². The van der Waals surface area contributed by atoms with Crippen molar-refractivity contribution < 1.29 is 33.6 Å². The number of aromatic hydroxyl groups is 1. The van der Waals surface area contributed by atoms with Gasteiger partial charge in [-0.2, -0.15) is 0 Å². The Morgan fingerprint density at radius 2 is 1.63 bits per heavy atom. The fourth-order valence-corrected chi connectivity index (χ4v) is 4.15. The highest BCUT2D eigenvalue weighted by atomic mass is 16.5. The summed E-state index contributed by atoms with van der Waals surface area (Å²) in [6, 6.07) is 7.14. The lowest BCUT2D eigenvalue weighted by atomic mass is 9.81. The van der Waals surface area contributed by atoms with Crippen LogP contribution in [0, 0.1) is 11.8 Å². The van der Waals surface area contributed by atoms with Crippen LogP contribution in [0.1, 0.15) is 25.5 Å². The average molecular weight is 488 g/mol. The summed E-state index contributed by atoms with van der Waals surface area (Å²) in [4.78, 5) is 27.4. The Kier molecular flexibility index (Phi) is 7.96. The zero-order valence-corrected chi connectivity index (χ0v) is 20.8. The predicted octanol–water partition coefficient (Wildman–Crippen LogP) is 2.23. The molecule has 35 heavy (non-hydrogen) atoms. The first-order valence-corrected chi connectivity index (χ1v) is 11.2. The lowest BCUT2D eigenvalue weighted by Gasteiger charge is -2.47. The highest BCUT2D eigenvalue weighted by molar-refractivity contribution is 6.04. The second-order valence-electron chi connectivity index (χ2n) is 8.59.